The molecule has 2 N–H and O–H groups in total. The normalized spacial score (nSPS) is 11.8. The van der Waals surface area contributed by atoms with E-state index in [1.54, 1.807) is 48.5 Å². The number of hydrogen-bond acceptors (Lipinski definition) is 4. The second-order valence-electron chi connectivity index (χ2n) is 4.75. The Bertz CT molecular complexity index is 1030. The van der Waals surface area contributed by atoms with Gasteiger partial charge in [-0.3, -0.25) is 4.79 Å². The van der Waals surface area contributed by atoms with Crippen LogP contribution >= 0.6 is 11.6 Å². The third kappa shape index (κ3) is 2.68. The lowest BCUT2D eigenvalue weighted by atomic mass is 10.1. The standard InChI is InChI=1S/C17H10ClN3O2/c18-13-7-3-1-5-10(13)15(22)12(9-19)16-20-14-8-4-2-6-11(14)17(23)21-16/h1-8,22H,(H,20,21,23)/b15-12-. The molecule has 0 aliphatic rings. The number of allylic oxidation sites excluding steroid dienone is 1. The molecule has 6 heteroatoms. The Kier molecular flexibility index (Phi) is 3.83. The van der Waals surface area contributed by atoms with Crippen LogP contribution in [0.5, 0.6) is 0 Å². The van der Waals surface area contributed by atoms with E-state index in [4.69, 9.17) is 11.6 Å². The lowest BCUT2D eigenvalue weighted by Gasteiger charge is -2.07. The van der Waals surface area contributed by atoms with Crippen LogP contribution in [0.1, 0.15) is 11.4 Å². The molecule has 3 aromatic rings. The maximum Gasteiger partial charge on any atom is 0.259 e. The van der Waals surface area contributed by atoms with Gasteiger partial charge in [0.15, 0.2) is 5.82 Å². The second-order valence-corrected chi connectivity index (χ2v) is 5.15. The van der Waals surface area contributed by atoms with E-state index in [1.165, 1.54) is 0 Å². The number of aromatic amines is 1. The van der Waals surface area contributed by atoms with E-state index in [0.29, 0.717) is 21.5 Å². The van der Waals surface area contributed by atoms with Crippen molar-refractivity contribution < 1.29 is 5.11 Å². The van der Waals surface area contributed by atoms with E-state index in [2.05, 4.69) is 9.97 Å². The Morgan fingerprint density at radius 1 is 1.17 bits per heavy atom. The SMILES string of the molecule is N#C/C(=C(/O)c1ccccc1Cl)c1nc2ccccc2c(=O)[nH]1. The van der Waals surface area contributed by atoms with Crippen molar-refractivity contribution in [1.82, 2.24) is 9.97 Å². The van der Waals surface area contributed by atoms with Gasteiger partial charge in [0.2, 0.25) is 0 Å². The van der Waals surface area contributed by atoms with E-state index in [0.717, 1.165) is 0 Å². The maximum atomic E-state index is 12.1. The zero-order valence-corrected chi connectivity index (χ0v) is 12.5. The third-order valence-electron chi connectivity index (χ3n) is 3.33. The van der Waals surface area contributed by atoms with Crippen LogP contribution in [0.4, 0.5) is 0 Å². The molecule has 0 saturated heterocycles. The van der Waals surface area contributed by atoms with E-state index in [-0.39, 0.29) is 22.7 Å². The third-order valence-corrected chi connectivity index (χ3v) is 3.66. The fourth-order valence-electron chi connectivity index (χ4n) is 2.21. The highest BCUT2D eigenvalue weighted by molar-refractivity contribution is 6.32. The number of halogens is 1. The highest BCUT2D eigenvalue weighted by Crippen LogP contribution is 2.27. The summed E-state index contributed by atoms with van der Waals surface area (Å²) in [5.74, 6) is -0.342. The molecule has 3 rings (SSSR count). The van der Waals surface area contributed by atoms with Crippen molar-refractivity contribution in [3.63, 3.8) is 0 Å². The van der Waals surface area contributed by atoms with Gasteiger partial charge in [0.05, 0.1) is 15.9 Å². The molecule has 1 heterocycles. The molecule has 0 aliphatic heterocycles. The Hall–Kier alpha value is -3.10. The summed E-state index contributed by atoms with van der Waals surface area (Å²) in [4.78, 5) is 18.9. The van der Waals surface area contributed by atoms with E-state index in [9.17, 15) is 15.2 Å². The smallest absolute Gasteiger partial charge is 0.259 e. The average Bonchev–Trinajstić information content (AvgIpc) is 2.56. The van der Waals surface area contributed by atoms with Crippen molar-refractivity contribution in [1.29, 1.82) is 5.26 Å². The molecule has 0 saturated carbocycles. The van der Waals surface area contributed by atoms with E-state index >= 15 is 0 Å². The van der Waals surface area contributed by atoms with Gasteiger partial charge in [0.1, 0.15) is 17.4 Å². The number of fused-ring (bicyclic) bond motifs is 1. The topological polar surface area (TPSA) is 89.8 Å². The molecule has 0 bridgehead atoms. The Balaban J connectivity index is 2.27. The first-order chi connectivity index (χ1) is 11.1. The Labute approximate surface area is 136 Å². The minimum absolute atomic E-state index is 0.00591. The lowest BCUT2D eigenvalue weighted by Crippen LogP contribution is -2.11. The quantitative estimate of drug-likeness (QED) is 0.557. The summed E-state index contributed by atoms with van der Waals surface area (Å²) >= 11 is 6.04. The van der Waals surface area contributed by atoms with E-state index < -0.39 is 0 Å². The first-order valence-electron chi connectivity index (χ1n) is 6.69. The first kappa shape index (κ1) is 14.8. The molecule has 0 amide bonds. The van der Waals surface area contributed by atoms with Crippen molar-refractivity contribution in [2.24, 2.45) is 0 Å². The number of nitrogens with one attached hydrogen (secondary N) is 1. The Morgan fingerprint density at radius 3 is 2.61 bits per heavy atom. The number of nitrogens with zero attached hydrogens (tertiary/aromatic N) is 2. The van der Waals surface area contributed by atoms with Gasteiger partial charge in [0, 0.05) is 5.56 Å². The maximum absolute atomic E-state index is 12.1. The predicted molar refractivity (Wildman–Crippen MR) is 88.9 cm³/mol. The van der Waals surface area contributed by atoms with Gasteiger partial charge in [-0.2, -0.15) is 5.26 Å². The highest BCUT2D eigenvalue weighted by atomic mass is 35.5. The van der Waals surface area contributed by atoms with Crippen molar-refractivity contribution in [3.05, 3.63) is 75.3 Å². The van der Waals surface area contributed by atoms with Crippen LogP contribution in [0.25, 0.3) is 22.2 Å². The molecular weight excluding hydrogens is 314 g/mol. The molecule has 0 radical (unpaired) electrons. The van der Waals surface area contributed by atoms with Crippen LogP contribution in [0.2, 0.25) is 5.02 Å². The van der Waals surface area contributed by atoms with Crippen LogP contribution in [-0.4, -0.2) is 15.1 Å². The molecule has 0 aliphatic carbocycles. The van der Waals surface area contributed by atoms with Crippen LogP contribution in [-0.2, 0) is 0 Å². The number of rotatable bonds is 2. The van der Waals surface area contributed by atoms with Gasteiger partial charge < -0.3 is 10.1 Å². The van der Waals surface area contributed by atoms with Crippen LogP contribution < -0.4 is 5.56 Å². The fourth-order valence-corrected chi connectivity index (χ4v) is 2.44. The summed E-state index contributed by atoms with van der Waals surface area (Å²) < 4.78 is 0. The van der Waals surface area contributed by atoms with Crippen molar-refractivity contribution in [2.45, 2.75) is 0 Å². The number of aliphatic hydroxyl groups is 1. The van der Waals surface area contributed by atoms with Crippen molar-refractivity contribution >= 4 is 33.8 Å². The van der Waals surface area contributed by atoms with Crippen LogP contribution in [0.3, 0.4) is 0 Å². The number of benzene rings is 2. The van der Waals surface area contributed by atoms with Gasteiger partial charge in [0.25, 0.3) is 5.56 Å². The summed E-state index contributed by atoms with van der Waals surface area (Å²) in [5, 5.41) is 20.5. The summed E-state index contributed by atoms with van der Waals surface area (Å²) in [7, 11) is 0. The van der Waals surface area contributed by atoms with Crippen LogP contribution in [0.15, 0.2) is 53.3 Å². The molecule has 5 nitrogen and oxygen atoms in total. The summed E-state index contributed by atoms with van der Waals surface area (Å²) in [5.41, 5.74) is 0.193. The predicted octanol–water partition coefficient (Wildman–Crippen LogP) is 3.53. The summed E-state index contributed by atoms with van der Waals surface area (Å²) in [6, 6.07) is 15.2. The lowest BCUT2D eigenvalue weighted by molar-refractivity contribution is 0.514. The zero-order valence-electron chi connectivity index (χ0n) is 11.7. The minimum atomic E-state index is -0.384. The number of aromatic nitrogens is 2. The highest BCUT2D eigenvalue weighted by Gasteiger charge is 2.16. The Morgan fingerprint density at radius 2 is 1.87 bits per heavy atom. The van der Waals surface area contributed by atoms with Gasteiger partial charge in [-0.15, -0.1) is 0 Å². The van der Waals surface area contributed by atoms with Crippen LogP contribution in [0, 0.1) is 11.3 Å². The zero-order chi connectivity index (χ0) is 16.4. The summed E-state index contributed by atoms with van der Waals surface area (Å²) in [6.45, 7) is 0. The molecule has 23 heavy (non-hydrogen) atoms. The van der Waals surface area contributed by atoms with Crippen molar-refractivity contribution in [3.8, 4) is 6.07 Å². The fraction of sp³-hybridized carbons (Fsp3) is 0. The number of aliphatic hydroxyl groups excluding tert-OH is 1. The molecule has 112 valence electrons. The molecule has 0 spiro atoms. The van der Waals surface area contributed by atoms with Gasteiger partial charge in [-0.05, 0) is 24.3 Å². The first-order valence-corrected chi connectivity index (χ1v) is 7.07. The second kappa shape index (κ2) is 5.95. The molecule has 0 fully saturated rings. The van der Waals surface area contributed by atoms with Gasteiger partial charge in [-0.1, -0.05) is 35.9 Å². The molecule has 0 atom stereocenters. The van der Waals surface area contributed by atoms with E-state index in [1.807, 2.05) is 6.07 Å². The number of H-pyrrole nitrogens is 1. The van der Waals surface area contributed by atoms with Gasteiger partial charge >= 0.3 is 0 Å². The minimum Gasteiger partial charge on any atom is -0.506 e. The van der Waals surface area contributed by atoms with Crippen molar-refractivity contribution in [2.75, 3.05) is 0 Å². The number of para-hydroxylation sites is 1. The molecular formula is C17H10ClN3O2. The molecule has 0 unspecified atom stereocenters. The van der Waals surface area contributed by atoms with Gasteiger partial charge in [-0.25, -0.2) is 4.98 Å². The number of nitriles is 1. The molecule has 2 aromatic carbocycles. The largest absolute Gasteiger partial charge is 0.506 e. The summed E-state index contributed by atoms with van der Waals surface area (Å²) in [6.07, 6.45) is 0. The monoisotopic (exact) mass is 323 g/mol. The molecule has 1 aromatic heterocycles. The average molecular weight is 324 g/mol. The number of hydrogen-bond donors (Lipinski definition) is 2.